The van der Waals surface area contributed by atoms with Gasteiger partial charge in [0.25, 0.3) is 0 Å². The highest BCUT2D eigenvalue weighted by atomic mass is 28.2. The van der Waals surface area contributed by atoms with Gasteiger partial charge in [-0.25, -0.2) is 0 Å². The summed E-state index contributed by atoms with van der Waals surface area (Å²) in [6, 6.07) is 0. The first-order chi connectivity index (χ1) is 2.41. The number of rotatable bonds is 1. The molecule has 0 fully saturated rings. The maximum Gasteiger partial charge on any atom is 0.203 e. The van der Waals surface area contributed by atoms with Crippen molar-refractivity contribution >= 4 is 10.5 Å². The van der Waals surface area contributed by atoms with Gasteiger partial charge in [-0.15, -0.1) is 0 Å². The van der Waals surface area contributed by atoms with E-state index in [2.05, 4.69) is 4.43 Å². The molecule has 0 saturated carbocycles. The van der Waals surface area contributed by atoms with E-state index < -0.39 is 0 Å². The Bertz CT molecular complexity index is 33.9. The summed E-state index contributed by atoms with van der Waals surface area (Å²) in [5.41, 5.74) is 0. The minimum absolute atomic E-state index is 0.812. The topological polar surface area (TPSA) is 9.23 Å². The third-order valence-corrected chi connectivity index (χ3v) is 0.544. The van der Waals surface area contributed by atoms with E-state index in [1.807, 2.05) is 13.0 Å². The molecule has 0 unspecified atom stereocenters. The first-order valence-corrected chi connectivity index (χ1v) is 2.37. The summed E-state index contributed by atoms with van der Waals surface area (Å²) in [5, 5.41) is 0. The monoisotopic (exact) mass is 88.0 g/mol. The quantitative estimate of drug-likeness (QED) is 0.319. The predicted molar refractivity (Wildman–Crippen MR) is 25.8 cm³/mol. The zero-order valence-electron chi connectivity index (χ0n) is 3.56. The minimum Gasteiger partial charge on any atom is -0.559 e. The Morgan fingerprint density at radius 3 is 2.40 bits per heavy atom. The molecule has 1 nitrogen and oxygen atoms in total. The zero-order valence-corrected chi connectivity index (χ0v) is 5.56. The molecule has 30 valence electrons. The lowest BCUT2D eigenvalue weighted by molar-refractivity contribution is 0.534. The Balaban J connectivity index is 2.62. The first-order valence-electron chi connectivity index (χ1n) is 1.55. The third kappa shape index (κ3) is 3.76. The standard InChI is InChI=1S/C3H8OSi/c1-2-3-4-5/h2-3H,1,5H3/b3-2+. The van der Waals surface area contributed by atoms with Gasteiger partial charge in [-0.1, -0.05) is 6.08 Å². The van der Waals surface area contributed by atoms with E-state index in [9.17, 15) is 0 Å². The highest BCUT2D eigenvalue weighted by Crippen LogP contribution is 1.63. The molecule has 2 heteroatoms. The van der Waals surface area contributed by atoms with Gasteiger partial charge < -0.3 is 4.43 Å². The van der Waals surface area contributed by atoms with Crippen molar-refractivity contribution in [2.75, 3.05) is 0 Å². The third-order valence-electron chi connectivity index (χ3n) is 0.272. The molecule has 0 amide bonds. The fraction of sp³-hybridized carbons (Fsp3) is 0.333. The van der Waals surface area contributed by atoms with Crippen molar-refractivity contribution in [2.24, 2.45) is 0 Å². The maximum absolute atomic E-state index is 4.65. The molecule has 0 saturated heterocycles. The van der Waals surface area contributed by atoms with Crippen molar-refractivity contribution in [3.05, 3.63) is 12.3 Å². The molecule has 0 aromatic rings. The lowest BCUT2D eigenvalue weighted by Crippen LogP contribution is -1.62. The summed E-state index contributed by atoms with van der Waals surface area (Å²) in [5.74, 6) is 0. The molecule has 0 aliphatic heterocycles. The SMILES string of the molecule is C/C=C/O[SiH3]. The van der Waals surface area contributed by atoms with Crippen LogP contribution in [-0.4, -0.2) is 10.5 Å². The molecule has 0 rings (SSSR count). The normalized spacial score (nSPS) is 9.80. The van der Waals surface area contributed by atoms with Gasteiger partial charge in [0.1, 0.15) is 0 Å². The van der Waals surface area contributed by atoms with Gasteiger partial charge in [0.2, 0.25) is 10.5 Å². The summed E-state index contributed by atoms with van der Waals surface area (Å²) in [6.07, 6.45) is 3.55. The Hall–Kier alpha value is -0.243. The summed E-state index contributed by atoms with van der Waals surface area (Å²) >= 11 is 0. The second-order valence-electron chi connectivity index (χ2n) is 0.705. The van der Waals surface area contributed by atoms with Crippen molar-refractivity contribution in [1.29, 1.82) is 0 Å². The molecular weight excluding hydrogens is 80.1 g/mol. The second-order valence-corrected chi connectivity index (χ2v) is 1.18. The van der Waals surface area contributed by atoms with Gasteiger partial charge >= 0.3 is 0 Å². The van der Waals surface area contributed by atoms with Crippen LogP contribution in [0.4, 0.5) is 0 Å². The zero-order chi connectivity index (χ0) is 4.12. The molecule has 0 radical (unpaired) electrons. The summed E-state index contributed by atoms with van der Waals surface area (Å²) in [7, 11) is 0.812. The van der Waals surface area contributed by atoms with Crippen molar-refractivity contribution < 1.29 is 4.43 Å². The fourth-order valence-electron chi connectivity index (χ4n) is 0.136. The lowest BCUT2D eigenvalue weighted by Gasteiger charge is -1.78. The molecular formula is C3H8OSi. The first kappa shape index (κ1) is 4.76. The van der Waals surface area contributed by atoms with E-state index in [0.717, 1.165) is 10.5 Å². The molecule has 0 bridgehead atoms. The molecule has 5 heavy (non-hydrogen) atoms. The highest BCUT2D eigenvalue weighted by molar-refractivity contribution is 5.98. The Morgan fingerprint density at radius 2 is 2.40 bits per heavy atom. The van der Waals surface area contributed by atoms with Crippen LogP contribution < -0.4 is 0 Å². The molecule has 0 heterocycles. The molecule has 0 spiro atoms. The van der Waals surface area contributed by atoms with E-state index in [1.165, 1.54) is 0 Å². The Kier molecular flexibility index (Phi) is 3.57. The van der Waals surface area contributed by atoms with Crippen LogP contribution in [0.1, 0.15) is 6.92 Å². The maximum atomic E-state index is 4.65. The highest BCUT2D eigenvalue weighted by Gasteiger charge is 1.46. The van der Waals surface area contributed by atoms with Crippen molar-refractivity contribution in [1.82, 2.24) is 0 Å². The van der Waals surface area contributed by atoms with Crippen LogP contribution in [0.15, 0.2) is 12.3 Å². The van der Waals surface area contributed by atoms with Crippen molar-refractivity contribution in [2.45, 2.75) is 6.92 Å². The molecule has 0 aromatic carbocycles. The van der Waals surface area contributed by atoms with Gasteiger partial charge in [-0.2, -0.15) is 0 Å². The molecule has 0 atom stereocenters. The van der Waals surface area contributed by atoms with E-state index in [4.69, 9.17) is 0 Å². The number of allylic oxidation sites excluding steroid dienone is 1. The second kappa shape index (κ2) is 3.76. The molecule has 0 N–H and O–H groups in total. The van der Waals surface area contributed by atoms with Gasteiger partial charge in [0.15, 0.2) is 0 Å². The average molecular weight is 88.2 g/mol. The van der Waals surface area contributed by atoms with Crippen LogP contribution in [0.2, 0.25) is 0 Å². The van der Waals surface area contributed by atoms with Crippen molar-refractivity contribution in [3.63, 3.8) is 0 Å². The summed E-state index contributed by atoms with van der Waals surface area (Å²) in [4.78, 5) is 0. The van der Waals surface area contributed by atoms with E-state index in [-0.39, 0.29) is 0 Å². The largest absolute Gasteiger partial charge is 0.559 e. The molecule has 0 aliphatic carbocycles. The molecule has 0 aliphatic rings. The summed E-state index contributed by atoms with van der Waals surface area (Å²) in [6.45, 7) is 1.93. The Morgan fingerprint density at radius 1 is 1.80 bits per heavy atom. The van der Waals surface area contributed by atoms with Crippen LogP contribution in [0.25, 0.3) is 0 Å². The Labute approximate surface area is 35.2 Å². The fourth-order valence-corrected chi connectivity index (χ4v) is 0.408. The minimum atomic E-state index is 0.812. The van der Waals surface area contributed by atoms with Crippen LogP contribution >= 0.6 is 0 Å². The van der Waals surface area contributed by atoms with E-state index >= 15 is 0 Å². The summed E-state index contributed by atoms with van der Waals surface area (Å²) < 4.78 is 4.65. The smallest absolute Gasteiger partial charge is 0.203 e. The van der Waals surface area contributed by atoms with E-state index in [1.54, 1.807) is 6.26 Å². The van der Waals surface area contributed by atoms with Gasteiger partial charge in [0, 0.05) is 0 Å². The van der Waals surface area contributed by atoms with Crippen LogP contribution in [0.3, 0.4) is 0 Å². The van der Waals surface area contributed by atoms with Gasteiger partial charge in [-0.05, 0) is 6.92 Å². The van der Waals surface area contributed by atoms with E-state index in [0.29, 0.717) is 0 Å². The van der Waals surface area contributed by atoms with Crippen molar-refractivity contribution in [3.8, 4) is 0 Å². The van der Waals surface area contributed by atoms with Gasteiger partial charge in [0.05, 0.1) is 6.26 Å². The lowest BCUT2D eigenvalue weighted by atomic mass is 10.8. The number of hydrogen-bond acceptors (Lipinski definition) is 1. The molecule has 0 aromatic heterocycles. The van der Waals surface area contributed by atoms with Crippen LogP contribution in [0.5, 0.6) is 0 Å². The average Bonchev–Trinajstić information content (AvgIpc) is 1.41. The number of hydrogen-bond donors (Lipinski definition) is 0. The predicted octanol–water partition coefficient (Wildman–Crippen LogP) is -0.183. The van der Waals surface area contributed by atoms with Gasteiger partial charge in [-0.3, -0.25) is 0 Å². The van der Waals surface area contributed by atoms with Crippen LogP contribution in [0, 0.1) is 0 Å². The van der Waals surface area contributed by atoms with Crippen LogP contribution in [-0.2, 0) is 4.43 Å².